The third kappa shape index (κ3) is 3.51. The zero-order chi connectivity index (χ0) is 16.2. The first-order valence-corrected chi connectivity index (χ1v) is 7.58. The molecule has 2 N–H and O–H groups in total. The van der Waals surface area contributed by atoms with Gasteiger partial charge in [-0.15, -0.1) is 0 Å². The summed E-state index contributed by atoms with van der Waals surface area (Å²) in [6.45, 7) is 2.01. The number of allylic oxidation sites excluding steroid dienone is 1. The number of nitrogens with one attached hydrogen (secondary N) is 1. The number of benzene rings is 1. The number of furan rings is 1. The molecule has 0 fully saturated rings. The molecule has 3 rings (SSSR count). The number of hydrogen-bond acceptors (Lipinski definition) is 6. The first-order valence-electron chi connectivity index (χ1n) is 6.76. The van der Waals surface area contributed by atoms with Crippen molar-refractivity contribution >= 4 is 23.3 Å². The van der Waals surface area contributed by atoms with Crippen molar-refractivity contribution in [1.29, 1.82) is 0 Å². The summed E-state index contributed by atoms with van der Waals surface area (Å²) in [5, 5.41) is 15.9. The smallest absolute Gasteiger partial charge is 0.226 e. The normalized spacial score (nSPS) is 11.6. The standard InChI is InChI=1S/C16H13N3O3S/c1-10-2-4-11(5-3-10)23-14-6-7-22-15(14)12(20)8-13(21)16-17-9-18-19-16/h2-9,21H,1H3,(H,17,18,19). The molecule has 0 aliphatic rings. The number of nitrogens with zero attached hydrogens (tertiary/aromatic N) is 2. The summed E-state index contributed by atoms with van der Waals surface area (Å²) in [4.78, 5) is 17.7. The lowest BCUT2D eigenvalue weighted by Gasteiger charge is -2.01. The number of ketones is 1. The lowest BCUT2D eigenvalue weighted by Crippen LogP contribution is -1.97. The van der Waals surface area contributed by atoms with Gasteiger partial charge < -0.3 is 9.52 Å². The van der Waals surface area contributed by atoms with Gasteiger partial charge >= 0.3 is 0 Å². The van der Waals surface area contributed by atoms with Gasteiger partial charge in [-0.3, -0.25) is 9.89 Å². The number of aliphatic hydroxyl groups is 1. The van der Waals surface area contributed by atoms with Gasteiger partial charge in [-0.05, 0) is 25.1 Å². The Balaban J connectivity index is 1.81. The van der Waals surface area contributed by atoms with Gasteiger partial charge in [-0.1, -0.05) is 29.5 Å². The van der Waals surface area contributed by atoms with Crippen LogP contribution < -0.4 is 0 Å². The molecule has 0 atom stereocenters. The fourth-order valence-electron chi connectivity index (χ4n) is 1.88. The molecule has 0 saturated carbocycles. The number of rotatable bonds is 5. The third-order valence-electron chi connectivity index (χ3n) is 3.03. The largest absolute Gasteiger partial charge is 0.504 e. The number of carbonyl (C=O) groups excluding carboxylic acids is 1. The van der Waals surface area contributed by atoms with Gasteiger partial charge in [-0.2, -0.15) is 5.10 Å². The van der Waals surface area contributed by atoms with Crippen molar-refractivity contribution < 1.29 is 14.3 Å². The molecule has 23 heavy (non-hydrogen) atoms. The minimum Gasteiger partial charge on any atom is -0.504 e. The second-order valence-corrected chi connectivity index (χ2v) is 5.87. The summed E-state index contributed by atoms with van der Waals surface area (Å²) < 4.78 is 5.27. The lowest BCUT2D eigenvalue weighted by molar-refractivity contribution is 0.101. The molecule has 2 heterocycles. The van der Waals surface area contributed by atoms with E-state index in [9.17, 15) is 9.90 Å². The maximum Gasteiger partial charge on any atom is 0.226 e. The fourth-order valence-corrected chi connectivity index (χ4v) is 2.77. The van der Waals surface area contributed by atoms with Crippen molar-refractivity contribution in [2.24, 2.45) is 0 Å². The van der Waals surface area contributed by atoms with E-state index in [2.05, 4.69) is 15.2 Å². The van der Waals surface area contributed by atoms with E-state index in [0.717, 1.165) is 16.5 Å². The van der Waals surface area contributed by atoms with Gasteiger partial charge in [0, 0.05) is 11.0 Å². The van der Waals surface area contributed by atoms with Gasteiger partial charge in [-0.25, -0.2) is 4.98 Å². The van der Waals surface area contributed by atoms with Crippen molar-refractivity contribution in [3.63, 3.8) is 0 Å². The molecule has 0 radical (unpaired) electrons. The minimum absolute atomic E-state index is 0.123. The van der Waals surface area contributed by atoms with Crippen molar-refractivity contribution in [3.05, 3.63) is 66.1 Å². The Kier molecular flexibility index (Phi) is 4.29. The molecule has 2 aromatic heterocycles. The lowest BCUT2D eigenvalue weighted by atomic mass is 10.2. The van der Waals surface area contributed by atoms with E-state index in [1.165, 1.54) is 24.4 Å². The predicted octanol–water partition coefficient (Wildman–Crippen LogP) is 3.64. The number of hydrogen-bond donors (Lipinski definition) is 2. The molecule has 7 heteroatoms. The van der Waals surface area contributed by atoms with Crippen LogP contribution in [0.1, 0.15) is 21.9 Å². The van der Waals surface area contributed by atoms with Crippen molar-refractivity contribution in [2.45, 2.75) is 16.7 Å². The molecular weight excluding hydrogens is 314 g/mol. The van der Waals surface area contributed by atoms with Crippen LogP contribution in [-0.2, 0) is 0 Å². The van der Waals surface area contributed by atoms with Gasteiger partial charge in [0.15, 0.2) is 17.3 Å². The molecule has 0 aliphatic heterocycles. The summed E-state index contributed by atoms with van der Waals surface area (Å²) in [6, 6.07) is 9.67. The molecule has 0 saturated heterocycles. The zero-order valence-electron chi connectivity index (χ0n) is 12.2. The number of aromatic amines is 1. The van der Waals surface area contributed by atoms with Crippen molar-refractivity contribution in [2.75, 3.05) is 0 Å². The summed E-state index contributed by atoms with van der Waals surface area (Å²) in [5.74, 6) is -0.451. The van der Waals surface area contributed by atoms with Crippen molar-refractivity contribution in [1.82, 2.24) is 15.2 Å². The molecule has 0 spiro atoms. The van der Waals surface area contributed by atoms with Crippen LogP contribution in [-0.4, -0.2) is 26.1 Å². The minimum atomic E-state index is -0.446. The summed E-state index contributed by atoms with van der Waals surface area (Å²) in [7, 11) is 0. The molecule has 0 unspecified atom stereocenters. The molecule has 6 nitrogen and oxygen atoms in total. The zero-order valence-corrected chi connectivity index (χ0v) is 13.0. The Labute approximate surface area is 136 Å². The van der Waals surface area contributed by atoms with Crippen LogP contribution >= 0.6 is 11.8 Å². The summed E-state index contributed by atoms with van der Waals surface area (Å²) in [6.07, 6.45) is 3.75. The first-order chi connectivity index (χ1) is 11.1. The molecular formula is C16H13N3O3S. The number of H-pyrrole nitrogens is 1. The molecule has 3 aromatic rings. The van der Waals surface area contributed by atoms with E-state index in [1.807, 2.05) is 31.2 Å². The SMILES string of the molecule is Cc1ccc(Sc2ccoc2C(=O)C=C(O)c2ncn[nH]2)cc1. The highest BCUT2D eigenvalue weighted by Gasteiger charge is 2.16. The van der Waals surface area contributed by atoms with Crippen LogP contribution in [0.15, 0.2) is 63.2 Å². The van der Waals surface area contributed by atoms with E-state index < -0.39 is 5.78 Å². The molecule has 0 bridgehead atoms. The number of carbonyl (C=O) groups is 1. The summed E-state index contributed by atoms with van der Waals surface area (Å²) in [5.41, 5.74) is 1.16. The molecule has 0 aliphatic carbocycles. The van der Waals surface area contributed by atoms with Crippen molar-refractivity contribution in [3.8, 4) is 0 Å². The molecule has 0 amide bonds. The maximum absolute atomic E-state index is 12.3. The highest BCUT2D eigenvalue weighted by atomic mass is 32.2. The number of aryl methyl sites for hydroxylation is 1. The van der Waals surface area contributed by atoms with Crippen LogP contribution in [0.4, 0.5) is 0 Å². The van der Waals surface area contributed by atoms with Gasteiger partial charge in [0.25, 0.3) is 0 Å². The number of aliphatic hydroxyl groups excluding tert-OH is 1. The fraction of sp³-hybridized carbons (Fsp3) is 0.0625. The van der Waals surface area contributed by atoms with E-state index >= 15 is 0 Å². The van der Waals surface area contributed by atoms with E-state index in [1.54, 1.807) is 6.07 Å². The Hall–Kier alpha value is -2.80. The topological polar surface area (TPSA) is 92.0 Å². The van der Waals surface area contributed by atoms with Gasteiger partial charge in [0.1, 0.15) is 6.33 Å². The Morgan fingerprint density at radius 2 is 2.09 bits per heavy atom. The Bertz CT molecular complexity index is 836. The first kappa shape index (κ1) is 15.1. The summed E-state index contributed by atoms with van der Waals surface area (Å²) >= 11 is 1.42. The van der Waals surface area contributed by atoms with Crippen LogP contribution in [0, 0.1) is 6.92 Å². The predicted molar refractivity (Wildman–Crippen MR) is 85.3 cm³/mol. The monoisotopic (exact) mass is 327 g/mol. The second-order valence-electron chi connectivity index (χ2n) is 4.76. The van der Waals surface area contributed by atoms with Crippen LogP contribution in [0.25, 0.3) is 5.76 Å². The highest BCUT2D eigenvalue weighted by Crippen LogP contribution is 2.32. The highest BCUT2D eigenvalue weighted by molar-refractivity contribution is 7.99. The molecule has 116 valence electrons. The van der Waals surface area contributed by atoms with E-state index in [4.69, 9.17) is 4.42 Å². The maximum atomic E-state index is 12.3. The van der Waals surface area contributed by atoms with Crippen LogP contribution in [0.5, 0.6) is 0 Å². The Morgan fingerprint density at radius 1 is 1.30 bits per heavy atom. The average Bonchev–Trinajstić information content (AvgIpc) is 3.20. The van der Waals surface area contributed by atoms with Gasteiger partial charge in [0.05, 0.1) is 11.2 Å². The third-order valence-corrected chi connectivity index (χ3v) is 4.08. The van der Waals surface area contributed by atoms with Crippen LogP contribution in [0.3, 0.4) is 0 Å². The van der Waals surface area contributed by atoms with E-state index in [-0.39, 0.29) is 17.3 Å². The van der Waals surface area contributed by atoms with E-state index in [0.29, 0.717) is 4.90 Å². The quantitative estimate of drug-likeness (QED) is 0.422. The average molecular weight is 327 g/mol. The van der Waals surface area contributed by atoms with Crippen LogP contribution in [0.2, 0.25) is 0 Å². The number of aromatic nitrogens is 3. The second kappa shape index (κ2) is 6.53. The molecule has 1 aromatic carbocycles. The Morgan fingerprint density at radius 3 is 2.78 bits per heavy atom. The van der Waals surface area contributed by atoms with Gasteiger partial charge in [0.2, 0.25) is 5.78 Å².